The average molecular weight is 289 g/mol. The Labute approximate surface area is 126 Å². The summed E-state index contributed by atoms with van der Waals surface area (Å²) < 4.78 is 27.1. The van der Waals surface area contributed by atoms with Gasteiger partial charge in [-0.05, 0) is 12.8 Å². The predicted molar refractivity (Wildman–Crippen MR) is 78.3 cm³/mol. The van der Waals surface area contributed by atoms with E-state index in [9.17, 15) is 9.59 Å². The number of unbranched alkanes of at least 4 members (excludes halogenated alkanes) is 3. The Bertz CT molecular complexity index is 419. The van der Waals surface area contributed by atoms with Gasteiger partial charge < -0.3 is 14.3 Å². The molecule has 0 fully saturated rings. The summed E-state index contributed by atoms with van der Waals surface area (Å²) in [7, 11) is 2.91. The van der Waals surface area contributed by atoms with E-state index in [0.29, 0.717) is 0 Å². The largest absolute Gasteiger partial charge is 0.481 e. The SMILES string of the molecule is [2H]C([2H])([2H])[N+](C)(C)CC(CC(=O)O)OC(=O)/C=C/CCCCC. The zero-order valence-corrected chi connectivity index (χ0v) is 12.6. The van der Waals surface area contributed by atoms with Crippen molar-refractivity contribution in [3.63, 3.8) is 0 Å². The first-order chi connectivity index (χ1) is 10.5. The van der Waals surface area contributed by atoms with Crippen LogP contribution in [0.5, 0.6) is 0 Å². The molecule has 1 N–H and O–H groups in total. The number of hydrogen-bond acceptors (Lipinski definition) is 3. The first-order valence-corrected chi connectivity index (χ1v) is 6.91. The first kappa shape index (κ1) is 13.6. The summed E-state index contributed by atoms with van der Waals surface area (Å²) in [6.45, 7) is -0.337. The molecule has 0 rings (SSSR count). The van der Waals surface area contributed by atoms with Crippen LogP contribution >= 0.6 is 0 Å². The van der Waals surface area contributed by atoms with E-state index < -0.39 is 35.9 Å². The lowest BCUT2D eigenvalue weighted by Crippen LogP contribution is -2.43. The molecule has 1 unspecified atom stereocenters. The van der Waals surface area contributed by atoms with Crippen molar-refractivity contribution < 1.29 is 28.0 Å². The quantitative estimate of drug-likeness (QED) is 0.290. The number of hydrogen-bond donors (Lipinski definition) is 1. The molecule has 0 aliphatic heterocycles. The van der Waals surface area contributed by atoms with Crippen LogP contribution in [-0.2, 0) is 14.3 Å². The zero-order chi connectivity index (χ0) is 18.1. The highest BCUT2D eigenvalue weighted by Gasteiger charge is 2.23. The fraction of sp³-hybridized carbons (Fsp3) is 0.733. The van der Waals surface area contributed by atoms with Crippen LogP contribution in [0.15, 0.2) is 12.2 Å². The number of nitrogens with zero attached hydrogens (tertiary/aromatic N) is 1. The van der Waals surface area contributed by atoms with Crippen molar-refractivity contribution in [3.05, 3.63) is 12.2 Å². The van der Waals surface area contributed by atoms with Gasteiger partial charge in [0.25, 0.3) is 0 Å². The van der Waals surface area contributed by atoms with Gasteiger partial charge in [-0.25, -0.2) is 4.79 Å². The molecule has 0 saturated heterocycles. The number of rotatable bonds is 10. The van der Waals surface area contributed by atoms with Gasteiger partial charge in [-0.3, -0.25) is 4.79 Å². The molecule has 0 radical (unpaired) electrons. The summed E-state index contributed by atoms with van der Waals surface area (Å²) in [5, 5.41) is 8.91. The number of carboxylic acid groups (broad SMARTS) is 1. The fourth-order valence-corrected chi connectivity index (χ4v) is 1.74. The lowest BCUT2D eigenvalue weighted by atomic mass is 10.2. The number of allylic oxidation sites excluding steroid dienone is 1. The first-order valence-electron chi connectivity index (χ1n) is 8.41. The summed E-state index contributed by atoms with van der Waals surface area (Å²) in [6, 6.07) is 0. The molecule has 0 aromatic carbocycles. The third-order valence-corrected chi connectivity index (χ3v) is 2.57. The van der Waals surface area contributed by atoms with Crippen molar-refractivity contribution in [1.82, 2.24) is 0 Å². The molecule has 0 aliphatic rings. The molecule has 0 saturated carbocycles. The summed E-state index contributed by atoms with van der Waals surface area (Å²) in [5.41, 5.74) is 0. The monoisotopic (exact) mass is 289 g/mol. The summed E-state index contributed by atoms with van der Waals surface area (Å²) in [4.78, 5) is 22.7. The minimum atomic E-state index is -2.32. The molecule has 1 atom stereocenters. The molecule has 0 bridgehead atoms. The van der Waals surface area contributed by atoms with Crippen LogP contribution in [0, 0.1) is 0 Å². The van der Waals surface area contributed by atoms with Crippen LogP contribution in [0.1, 0.15) is 43.1 Å². The number of aliphatic carboxylic acids is 1. The molecular formula is C15H28NO4+. The third kappa shape index (κ3) is 11.7. The highest BCUT2D eigenvalue weighted by Crippen LogP contribution is 2.06. The number of carbonyl (C=O) groups excluding carboxylic acids is 1. The van der Waals surface area contributed by atoms with Crippen LogP contribution < -0.4 is 0 Å². The van der Waals surface area contributed by atoms with Crippen molar-refractivity contribution in [2.45, 2.75) is 45.1 Å². The van der Waals surface area contributed by atoms with Crippen LogP contribution in [-0.4, -0.2) is 55.2 Å². The Morgan fingerprint density at radius 2 is 2.10 bits per heavy atom. The summed E-state index contributed by atoms with van der Waals surface area (Å²) in [5.74, 6) is -1.78. The predicted octanol–water partition coefficient (Wildman–Crippen LogP) is 2.22. The van der Waals surface area contributed by atoms with E-state index in [4.69, 9.17) is 14.0 Å². The Balaban J connectivity index is 4.68. The third-order valence-electron chi connectivity index (χ3n) is 2.57. The topological polar surface area (TPSA) is 63.6 Å². The Hall–Kier alpha value is -1.36. The Morgan fingerprint density at radius 3 is 2.65 bits per heavy atom. The summed E-state index contributed by atoms with van der Waals surface area (Å²) in [6.07, 6.45) is 5.44. The molecule has 0 amide bonds. The van der Waals surface area contributed by atoms with Crippen molar-refractivity contribution in [1.29, 1.82) is 0 Å². The molecule has 0 heterocycles. The van der Waals surface area contributed by atoms with E-state index in [0.717, 1.165) is 25.7 Å². The molecular weight excluding hydrogens is 258 g/mol. The molecule has 20 heavy (non-hydrogen) atoms. The normalized spacial score (nSPS) is 16.2. The number of ether oxygens (including phenoxy) is 1. The van der Waals surface area contributed by atoms with Crippen LogP contribution in [0.3, 0.4) is 0 Å². The number of quaternary nitrogens is 1. The molecule has 0 aromatic heterocycles. The zero-order valence-electron chi connectivity index (χ0n) is 15.6. The van der Waals surface area contributed by atoms with Gasteiger partial charge in [-0.2, -0.15) is 0 Å². The molecule has 0 aromatic rings. The van der Waals surface area contributed by atoms with Crippen LogP contribution in [0.4, 0.5) is 0 Å². The highest BCUT2D eigenvalue weighted by atomic mass is 16.5. The van der Waals surface area contributed by atoms with E-state index in [1.165, 1.54) is 20.2 Å². The Morgan fingerprint density at radius 1 is 1.40 bits per heavy atom. The number of likely N-dealkylation sites (N-methyl/N-ethyl adjacent to an activating group) is 1. The minimum Gasteiger partial charge on any atom is -0.481 e. The maximum Gasteiger partial charge on any atom is 0.330 e. The highest BCUT2D eigenvalue weighted by molar-refractivity contribution is 5.82. The van der Waals surface area contributed by atoms with Gasteiger partial charge >= 0.3 is 11.9 Å². The van der Waals surface area contributed by atoms with Gasteiger partial charge in [-0.1, -0.05) is 25.8 Å². The van der Waals surface area contributed by atoms with Crippen LogP contribution in [0.25, 0.3) is 0 Å². The van der Waals surface area contributed by atoms with Gasteiger partial charge in [0, 0.05) is 6.08 Å². The van der Waals surface area contributed by atoms with Gasteiger partial charge in [-0.15, -0.1) is 0 Å². The second-order valence-electron chi connectivity index (χ2n) is 5.42. The van der Waals surface area contributed by atoms with E-state index in [1.54, 1.807) is 6.08 Å². The minimum absolute atomic E-state index is 0.0990. The Kier molecular flexibility index (Phi) is 6.49. The van der Waals surface area contributed by atoms with Crippen molar-refractivity contribution in [2.24, 2.45) is 0 Å². The van der Waals surface area contributed by atoms with Crippen molar-refractivity contribution in [3.8, 4) is 0 Å². The van der Waals surface area contributed by atoms with E-state index in [2.05, 4.69) is 6.92 Å². The molecule has 5 heteroatoms. The molecule has 0 spiro atoms. The van der Waals surface area contributed by atoms with Gasteiger partial charge in [0.05, 0.1) is 31.6 Å². The number of carbonyl (C=O) groups is 2. The smallest absolute Gasteiger partial charge is 0.330 e. The van der Waals surface area contributed by atoms with Crippen molar-refractivity contribution >= 4 is 11.9 Å². The fourth-order valence-electron chi connectivity index (χ4n) is 1.74. The average Bonchev–Trinajstić information content (AvgIpc) is 2.35. The second-order valence-corrected chi connectivity index (χ2v) is 5.42. The second kappa shape index (κ2) is 9.53. The van der Waals surface area contributed by atoms with E-state index in [-0.39, 0.29) is 6.54 Å². The van der Waals surface area contributed by atoms with Gasteiger partial charge in [0.1, 0.15) is 6.54 Å². The maximum atomic E-state index is 11.8. The van der Waals surface area contributed by atoms with Crippen LogP contribution in [0.2, 0.25) is 0 Å². The van der Waals surface area contributed by atoms with E-state index in [1.807, 2.05) is 0 Å². The lowest BCUT2D eigenvalue weighted by molar-refractivity contribution is -0.873. The van der Waals surface area contributed by atoms with E-state index >= 15 is 0 Å². The molecule has 5 nitrogen and oxygen atoms in total. The van der Waals surface area contributed by atoms with Gasteiger partial charge in [0.2, 0.25) is 0 Å². The number of carboxylic acids is 1. The molecule has 116 valence electrons. The summed E-state index contributed by atoms with van der Waals surface area (Å²) >= 11 is 0. The lowest BCUT2D eigenvalue weighted by Gasteiger charge is -2.28. The van der Waals surface area contributed by atoms with Gasteiger partial charge in [0.15, 0.2) is 6.10 Å². The maximum absolute atomic E-state index is 11.8. The molecule has 0 aliphatic carbocycles. The standard InChI is InChI=1S/C15H27NO4/c1-5-6-7-8-9-10-15(19)20-13(11-14(17)18)12-16(2,3)4/h9-10,13H,5-8,11-12H2,1-4H3/p+1/b10-9+/i2D3. The number of esters is 1. The van der Waals surface area contributed by atoms with Crippen molar-refractivity contribution in [2.75, 3.05) is 27.6 Å².